The van der Waals surface area contributed by atoms with Crippen molar-refractivity contribution in [3.63, 3.8) is 0 Å². The molecule has 16 heteroatoms. The second-order valence-electron chi connectivity index (χ2n) is 16.7. The van der Waals surface area contributed by atoms with Gasteiger partial charge >= 0.3 is 17.9 Å². The Bertz CT molecular complexity index is 1280. The van der Waals surface area contributed by atoms with Crippen LogP contribution in [0.15, 0.2) is 0 Å². The zero-order chi connectivity index (χ0) is 41.7. The number of hydrogen-bond donors (Lipinski definition) is 6. The molecule has 0 saturated heterocycles. The molecular weight excluding hydrogens is 721 g/mol. The third-order valence-corrected chi connectivity index (χ3v) is 11.5. The van der Waals surface area contributed by atoms with Gasteiger partial charge in [-0.2, -0.15) is 8.42 Å². The van der Waals surface area contributed by atoms with Gasteiger partial charge in [-0.3, -0.25) is 28.5 Å². The first-order valence-corrected chi connectivity index (χ1v) is 21.4. The Morgan fingerprint density at radius 3 is 1.61 bits per heavy atom. The molecule has 316 valence electrons. The van der Waals surface area contributed by atoms with Gasteiger partial charge in [0.2, 0.25) is 11.8 Å². The molecule has 0 heterocycles. The van der Waals surface area contributed by atoms with Crippen LogP contribution in [0.1, 0.15) is 105 Å². The van der Waals surface area contributed by atoms with E-state index in [9.17, 15) is 42.6 Å². The van der Waals surface area contributed by atoms with Crippen LogP contribution in [0.25, 0.3) is 0 Å². The Labute approximate surface area is 324 Å². The third kappa shape index (κ3) is 22.5. The highest BCUT2D eigenvalue weighted by molar-refractivity contribution is 7.85. The highest BCUT2D eigenvalue weighted by Gasteiger charge is 2.43. The van der Waals surface area contributed by atoms with Gasteiger partial charge in [-0.25, -0.2) is 0 Å². The summed E-state index contributed by atoms with van der Waals surface area (Å²) in [4.78, 5) is 64.3. The molecule has 0 aliphatic heterocycles. The Morgan fingerprint density at radius 1 is 0.648 bits per heavy atom. The molecule has 0 aliphatic rings. The number of quaternary nitrogens is 2. The molecule has 0 saturated carbocycles. The highest BCUT2D eigenvalue weighted by atomic mass is 32.2. The molecule has 54 heavy (non-hydrogen) atoms. The Kier molecular flexibility index (Phi) is 24.0. The van der Waals surface area contributed by atoms with Crippen LogP contribution >= 0.6 is 0 Å². The first-order valence-electron chi connectivity index (χ1n) is 19.8. The summed E-state index contributed by atoms with van der Waals surface area (Å²) < 4.78 is 32.0. The molecule has 0 fully saturated rings. The highest BCUT2D eigenvalue weighted by Crippen LogP contribution is 2.37. The van der Waals surface area contributed by atoms with E-state index in [1.807, 2.05) is 42.0 Å². The van der Waals surface area contributed by atoms with Gasteiger partial charge in [0.25, 0.3) is 10.1 Å². The van der Waals surface area contributed by atoms with Crippen LogP contribution in [0.2, 0.25) is 0 Å². The fourth-order valence-corrected chi connectivity index (χ4v) is 7.68. The lowest BCUT2D eigenvalue weighted by Gasteiger charge is -2.35. The fraction of sp³-hybridized carbons (Fsp3) is 0.868. The van der Waals surface area contributed by atoms with E-state index in [2.05, 4.69) is 17.6 Å². The second kappa shape index (κ2) is 25.4. The maximum atomic E-state index is 14.1. The number of aliphatic carboxylic acids is 3. The normalized spacial score (nSPS) is 15.7. The molecule has 0 aromatic heterocycles. The van der Waals surface area contributed by atoms with Crippen molar-refractivity contribution < 1.29 is 61.2 Å². The zero-order valence-corrected chi connectivity index (χ0v) is 35.2. The van der Waals surface area contributed by atoms with Crippen LogP contribution in [0, 0.1) is 35.5 Å². The van der Waals surface area contributed by atoms with Crippen LogP contribution in [-0.2, 0) is 34.1 Å². The standard InChI is InChI=1S/C38H72N4O11S/c1-9-11-16-28(3)26-32(38(49)50)34(36(46)40-20-14-22-42(7,8)24-18-33(43)44)30(17-12-10-2)27-31(37(47)48)29(4)35(45)39-19-13-21-41(5,6)23-15-25-54(51,52)53/h28-32,34H,9-27H2,1-8H3,(H4-2,39,40,43,44,45,46,47,48,49,50,51,52,53)/p+2. The molecule has 6 atom stereocenters. The van der Waals surface area contributed by atoms with Gasteiger partial charge < -0.3 is 34.9 Å². The molecule has 0 aromatic carbocycles. The SMILES string of the molecule is CCCCC(C)CC(C(=O)O)C(C(=O)NCCC[N+](C)(C)CCC(=O)O)C(CCCC)CC(C(=O)O)C(C)C(=O)NCCC[N+](C)(C)CCCS(=O)(=O)O. The Balaban J connectivity index is 6.15. The van der Waals surface area contributed by atoms with E-state index in [-0.39, 0.29) is 50.4 Å². The van der Waals surface area contributed by atoms with E-state index >= 15 is 0 Å². The minimum Gasteiger partial charge on any atom is -0.481 e. The molecule has 15 nitrogen and oxygen atoms in total. The van der Waals surface area contributed by atoms with Crippen molar-refractivity contribution in [3.05, 3.63) is 0 Å². The van der Waals surface area contributed by atoms with Gasteiger partial charge in [0, 0.05) is 38.3 Å². The first-order chi connectivity index (χ1) is 25.0. The Hall–Kier alpha value is -2.82. The van der Waals surface area contributed by atoms with Crippen LogP contribution in [0.3, 0.4) is 0 Å². The summed E-state index contributed by atoms with van der Waals surface area (Å²) in [6, 6.07) is 0. The van der Waals surface area contributed by atoms with Crippen molar-refractivity contribution in [2.75, 3.05) is 73.2 Å². The number of amides is 2. The van der Waals surface area contributed by atoms with Crippen LogP contribution in [0.4, 0.5) is 0 Å². The van der Waals surface area contributed by atoms with Crippen molar-refractivity contribution in [2.45, 2.75) is 105 Å². The number of carbonyl (C=O) groups excluding carboxylic acids is 2. The number of nitrogens with zero attached hydrogens (tertiary/aromatic N) is 2. The molecule has 2 amide bonds. The lowest BCUT2D eigenvalue weighted by Crippen LogP contribution is -2.46. The molecule has 6 N–H and O–H groups in total. The van der Waals surface area contributed by atoms with Gasteiger partial charge in [0.05, 0.1) is 84.3 Å². The Morgan fingerprint density at radius 2 is 1.13 bits per heavy atom. The topological polar surface area (TPSA) is 224 Å². The zero-order valence-electron chi connectivity index (χ0n) is 34.3. The average Bonchev–Trinajstić information content (AvgIpc) is 3.05. The summed E-state index contributed by atoms with van der Waals surface area (Å²) in [5, 5.41) is 35.9. The van der Waals surface area contributed by atoms with E-state index in [0.717, 1.165) is 25.7 Å². The number of carboxylic acids is 3. The predicted molar refractivity (Wildman–Crippen MR) is 208 cm³/mol. The minimum absolute atomic E-state index is 0.0116. The number of rotatable bonds is 32. The van der Waals surface area contributed by atoms with Crippen molar-refractivity contribution in [1.82, 2.24) is 10.6 Å². The quantitative estimate of drug-likeness (QED) is 0.0325. The van der Waals surface area contributed by atoms with Crippen LogP contribution < -0.4 is 10.6 Å². The van der Waals surface area contributed by atoms with Gasteiger partial charge in [-0.15, -0.1) is 0 Å². The number of unbranched alkanes of at least 4 members (excludes halogenated alkanes) is 2. The number of hydrogen-bond acceptors (Lipinski definition) is 7. The summed E-state index contributed by atoms with van der Waals surface area (Å²) in [5.74, 6) is -9.24. The number of nitrogens with one attached hydrogen (secondary N) is 2. The summed E-state index contributed by atoms with van der Waals surface area (Å²) in [6.07, 6.45) is 6.05. The summed E-state index contributed by atoms with van der Waals surface area (Å²) in [5.41, 5.74) is 0. The van der Waals surface area contributed by atoms with Crippen LogP contribution in [-0.4, -0.2) is 140 Å². The second-order valence-corrected chi connectivity index (χ2v) is 18.2. The van der Waals surface area contributed by atoms with E-state index in [1.54, 1.807) is 6.92 Å². The molecule has 0 bridgehead atoms. The van der Waals surface area contributed by atoms with Crippen molar-refractivity contribution in [1.29, 1.82) is 0 Å². The van der Waals surface area contributed by atoms with Crippen molar-refractivity contribution >= 4 is 39.8 Å². The fourth-order valence-electron chi connectivity index (χ4n) is 7.18. The largest absolute Gasteiger partial charge is 0.481 e. The van der Waals surface area contributed by atoms with Crippen LogP contribution in [0.5, 0.6) is 0 Å². The number of carboxylic acid groups (broad SMARTS) is 3. The molecule has 6 unspecified atom stereocenters. The monoisotopic (exact) mass is 795 g/mol. The van der Waals surface area contributed by atoms with Gasteiger partial charge in [0.15, 0.2) is 0 Å². The molecule has 0 spiro atoms. The molecule has 0 aliphatic carbocycles. The summed E-state index contributed by atoms with van der Waals surface area (Å²) in [7, 11) is 3.60. The molecule has 0 radical (unpaired) electrons. The number of carbonyl (C=O) groups is 5. The maximum absolute atomic E-state index is 14.1. The van der Waals surface area contributed by atoms with Crippen molar-refractivity contribution in [3.8, 4) is 0 Å². The smallest absolute Gasteiger partial charge is 0.309 e. The average molecular weight is 795 g/mol. The third-order valence-electron chi connectivity index (χ3n) is 10.7. The van der Waals surface area contributed by atoms with Gasteiger partial charge in [0.1, 0.15) is 0 Å². The molecular formula is C38H74N4O11S+2. The summed E-state index contributed by atoms with van der Waals surface area (Å²) in [6.45, 7) is 10.2. The lowest BCUT2D eigenvalue weighted by atomic mass is 9.70. The summed E-state index contributed by atoms with van der Waals surface area (Å²) >= 11 is 0. The van der Waals surface area contributed by atoms with Gasteiger partial charge in [-0.05, 0) is 31.1 Å². The molecule has 0 aromatic rings. The van der Waals surface area contributed by atoms with Gasteiger partial charge in [-0.1, -0.05) is 59.8 Å². The maximum Gasteiger partial charge on any atom is 0.309 e. The lowest BCUT2D eigenvalue weighted by molar-refractivity contribution is -0.890. The van der Waals surface area contributed by atoms with E-state index in [4.69, 9.17) is 9.66 Å². The first kappa shape index (κ1) is 51.2. The van der Waals surface area contributed by atoms with E-state index < -0.39 is 69.4 Å². The van der Waals surface area contributed by atoms with Crippen molar-refractivity contribution in [2.24, 2.45) is 35.5 Å². The molecule has 0 rings (SSSR count). The minimum atomic E-state index is -4.05. The van der Waals surface area contributed by atoms with E-state index in [0.29, 0.717) is 60.8 Å². The van der Waals surface area contributed by atoms with E-state index in [1.165, 1.54) is 0 Å². The predicted octanol–water partition coefficient (Wildman–Crippen LogP) is 3.97.